The molecule has 0 unspecified atom stereocenters. The molecule has 1 N–H and O–H groups in total. The lowest BCUT2D eigenvalue weighted by atomic mass is 9.96. The monoisotopic (exact) mass is 522 g/mol. The Hall–Kier alpha value is -3.85. The third kappa shape index (κ3) is 4.44. The van der Waals surface area contributed by atoms with E-state index < -0.39 is 11.7 Å². The third-order valence-corrected chi connectivity index (χ3v) is 6.98. The Kier molecular flexibility index (Phi) is 6.41. The van der Waals surface area contributed by atoms with Crippen LogP contribution in [0.1, 0.15) is 40.3 Å². The van der Waals surface area contributed by atoms with Crippen LogP contribution in [-0.4, -0.2) is 21.8 Å². The number of aromatic nitrogens is 2. The van der Waals surface area contributed by atoms with Crippen molar-refractivity contribution in [2.24, 2.45) is 0 Å². The number of nitrogens with zero attached hydrogens (tertiary/aromatic N) is 3. The van der Waals surface area contributed by atoms with Crippen molar-refractivity contribution in [1.82, 2.24) is 14.9 Å². The molecule has 1 aliphatic heterocycles. The lowest BCUT2D eigenvalue weighted by Gasteiger charge is -2.28. The van der Waals surface area contributed by atoms with E-state index >= 15 is 0 Å². The molecule has 2 aromatic carbocycles. The molecule has 0 spiro atoms. The highest BCUT2D eigenvalue weighted by Crippen LogP contribution is 2.45. The minimum absolute atomic E-state index is 0.0899. The number of hydrogen-bond donors (Lipinski definition) is 1. The number of anilines is 1. The van der Waals surface area contributed by atoms with Crippen LogP contribution < -0.4 is 15.0 Å². The highest BCUT2D eigenvalue weighted by Gasteiger charge is 2.43. The number of pyridine rings is 1. The summed E-state index contributed by atoms with van der Waals surface area (Å²) in [6, 6.07) is 20.1. The molecule has 1 fully saturated rings. The van der Waals surface area contributed by atoms with Gasteiger partial charge in [0, 0.05) is 29.3 Å². The summed E-state index contributed by atoms with van der Waals surface area (Å²) >= 11 is 5.79. The van der Waals surface area contributed by atoms with Crippen molar-refractivity contribution in [3.63, 3.8) is 0 Å². The Morgan fingerprint density at radius 2 is 1.73 bits per heavy atom. The van der Waals surface area contributed by atoms with Crippen LogP contribution in [0.5, 0.6) is 5.75 Å². The minimum Gasteiger partial charge on any atom is -0.497 e. The number of benzene rings is 2. The number of halogens is 3. The number of thiocarbonyl (C=S) groups is 1. The Balaban J connectivity index is 1.71. The van der Waals surface area contributed by atoms with Crippen LogP contribution in [0.15, 0.2) is 79.0 Å². The first kappa shape index (κ1) is 24.8. The van der Waals surface area contributed by atoms with Gasteiger partial charge in [-0.1, -0.05) is 24.3 Å². The lowest BCUT2D eigenvalue weighted by Crippen LogP contribution is -2.29. The predicted octanol–water partition coefficient (Wildman–Crippen LogP) is 6.69. The molecular weight excluding hydrogens is 497 g/mol. The normalized spacial score (nSPS) is 17.7. The first-order valence-corrected chi connectivity index (χ1v) is 12.1. The molecule has 9 heteroatoms. The summed E-state index contributed by atoms with van der Waals surface area (Å²) in [5.41, 5.74) is 3.22. The number of aryl methyl sites for hydroxylation is 1. The van der Waals surface area contributed by atoms with Gasteiger partial charge in [-0.25, -0.2) is 0 Å². The van der Waals surface area contributed by atoms with E-state index in [4.69, 9.17) is 17.0 Å². The van der Waals surface area contributed by atoms with Crippen LogP contribution >= 0.6 is 12.2 Å². The number of methoxy groups -OCH3 is 1. The number of hydrogen-bond acceptors (Lipinski definition) is 3. The van der Waals surface area contributed by atoms with E-state index in [9.17, 15) is 13.2 Å². The van der Waals surface area contributed by atoms with Crippen molar-refractivity contribution in [3.8, 4) is 11.4 Å². The van der Waals surface area contributed by atoms with Gasteiger partial charge in [-0.3, -0.25) is 4.98 Å². The zero-order chi connectivity index (χ0) is 26.3. The van der Waals surface area contributed by atoms with Gasteiger partial charge in [0.25, 0.3) is 0 Å². The van der Waals surface area contributed by atoms with Crippen molar-refractivity contribution in [2.45, 2.75) is 32.1 Å². The molecule has 2 atom stereocenters. The van der Waals surface area contributed by atoms with Crippen molar-refractivity contribution >= 4 is 23.0 Å². The fourth-order valence-corrected chi connectivity index (χ4v) is 5.42. The first-order chi connectivity index (χ1) is 17.7. The number of alkyl halides is 3. The summed E-state index contributed by atoms with van der Waals surface area (Å²) in [6.07, 6.45) is -2.77. The van der Waals surface area contributed by atoms with Crippen molar-refractivity contribution in [1.29, 1.82) is 0 Å². The van der Waals surface area contributed by atoms with Crippen LogP contribution in [-0.2, 0) is 6.18 Å². The molecule has 4 aromatic rings. The third-order valence-electron chi connectivity index (χ3n) is 6.67. The smallest absolute Gasteiger partial charge is 0.418 e. The Labute approximate surface area is 218 Å². The summed E-state index contributed by atoms with van der Waals surface area (Å²) in [4.78, 5) is 6.55. The van der Waals surface area contributed by atoms with Gasteiger partial charge in [0.1, 0.15) is 5.75 Å². The predicted molar refractivity (Wildman–Crippen MR) is 141 cm³/mol. The number of ether oxygens (including phenoxy) is 1. The van der Waals surface area contributed by atoms with Crippen LogP contribution in [0, 0.1) is 13.8 Å². The summed E-state index contributed by atoms with van der Waals surface area (Å²) in [7, 11) is 1.60. The Morgan fingerprint density at radius 3 is 2.43 bits per heavy atom. The molecule has 0 radical (unpaired) electrons. The van der Waals surface area contributed by atoms with Gasteiger partial charge >= 0.3 is 6.18 Å². The minimum atomic E-state index is -4.49. The summed E-state index contributed by atoms with van der Waals surface area (Å²) < 4.78 is 48.9. The average Bonchev–Trinajstić information content (AvgIpc) is 3.38. The van der Waals surface area contributed by atoms with E-state index in [-0.39, 0.29) is 17.8 Å². The Morgan fingerprint density at radius 1 is 0.973 bits per heavy atom. The van der Waals surface area contributed by atoms with Gasteiger partial charge in [0.15, 0.2) is 5.11 Å². The maximum atomic E-state index is 13.9. The van der Waals surface area contributed by atoms with Crippen molar-refractivity contribution in [2.75, 3.05) is 12.0 Å². The quantitative estimate of drug-likeness (QED) is 0.296. The standard InChI is InChI=1S/C28H25F3N4OS/c1-17-15-21(18(2)34(17)24-13-5-4-11-22(24)28(29,30)31)26-25(23-12-6-7-14-32-23)33-27(37)35(26)19-9-8-10-20(16-19)36-3/h4-16,25-26H,1-3H3,(H,33,37)/t25-,26-/m0/s1. The van der Waals surface area contributed by atoms with Crippen LogP contribution in [0.3, 0.4) is 0 Å². The zero-order valence-electron chi connectivity index (χ0n) is 20.5. The maximum absolute atomic E-state index is 13.9. The van der Waals surface area contributed by atoms with E-state index in [2.05, 4.69) is 10.3 Å². The summed E-state index contributed by atoms with van der Waals surface area (Å²) in [5, 5.41) is 3.90. The van der Waals surface area contributed by atoms with Gasteiger partial charge in [0.2, 0.25) is 0 Å². The average molecular weight is 523 g/mol. The highest BCUT2D eigenvalue weighted by molar-refractivity contribution is 7.80. The molecule has 0 amide bonds. The van der Waals surface area contributed by atoms with Crippen LogP contribution in [0.2, 0.25) is 0 Å². The molecule has 0 aliphatic carbocycles. The van der Waals surface area contributed by atoms with E-state index in [1.165, 1.54) is 12.1 Å². The zero-order valence-corrected chi connectivity index (χ0v) is 21.3. The molecular formula is C28H25F3N4OS. The molecule has 0 bridgehead atoms. The van der Waals surface area contributed by atoms with Gasteiger partial charge in [-0.05, 0) is 74.1 Å². The van der Waals surface area contributed by atoms with Gasteiger partial charge in [0.05, 0.1) is 36.1 Å². The topological polar surface area (TPSA) is 42.3 Å². The van der Waals surface area contributed by atoms with Crippen molar-refractivity contribution < 1.29 is 17.9 Å². The molecule has 5 nitrogen and oxygen atoms in total. The molecule has 2 aromatic heterocycles. The highest BCUT2D eigenvalue weighted by atomic mass is 32.1. The van der Waals surface area contributed by atoms with Gasteiger partial charge in [-0.15, -0.1) is 0 Å². The largest absolute Gasteiger partial charge is 0.497 e. The number of rotatable bonds is 5. The van der Waals surface area contributed by atoms with Crippen molar-refractivity contribution in [3.05, 3.63) is 107 Å². The molecule has 190 valence electrons. The fraction of sp³-hybridized carbons (Fsp3) is 0.214. The maximum Gasteiger partial charge on any atom is 0.418 e. The first-order valence-electron chi connectivity index (χ1n) is 11.7. The van der Waals surface area contributed by atoms with E-state index in [0.717, 1.165) is 23.0 Å². The van der Waals surface area contributed by atoms with E-state index in [1.807, 2.05) is 67.3 Å². The lowest BCUT2D eigenvalue weighted by molar-refractivity contribution is -0.137. The fourth-order valence-electron chi connectivity index (χ4n) is 5.08. The Bertz CT molecular complexity index is 1450. The van der Waals surface area contributed by atoms with Gasteiger partial charge in [-0.2, -0.15) is 13.2 Å². The molecule has 1 aliphatic rings. The molecule has 1 saturated heterocycles. The second-order valence-corrected chi connectivity index (χ2v) is 9.26. The molecule has 0 saturated carbocycles. The molecule has 5 rings (SSSR count). The second kappa shape index (κ2) is 9.55. The molecule has 37 heavy (non-hydrogen) atoms. The summed E-state index contributed by atoms with van der Waals surface area (Å²) in [5.74, 6) is 0.671. The second-order valence-electron chi connectivity index (χ2n) is 8.87. The van der Waals surface area contributed by atoms with Gasteiger partial charge < -0.3 is 19.5 Å². The number of nitrogens with one attached hydrogen (secondary N) is 1. The van der Waals surface area contributed by atoms with Crippen LogP contribution in [0.4, 0.5) is 18.9 Å². The van der Waals surface area contributed by atoms with E-state index in [0.29, 0.717) is 22.2 Å². The molecule has 3 heterocycles. The number of para-hydroxylation sites is 1. The summed E-state index contributed by atoms with van der Waals surface area (Å²) in [6.45, 7) is 3.66. The van der Waals surface area contributed by atoms with Crippen LogP contribution in [0.25, 0.3) is 5.69 Å². The van der Waals surface area contributed by atoms with E-state index in [1.54, 1.807) is 23.9 Å². The SMILES string of the molecule is COc1cccc(N2C(=S)N[C@@H](c3ccccn3)[C@@H]2c2cc(C)n(-c3ccccc3C(F)(F)F)c2C)c1.